The van der Waals surface area contributed by atoms with Crippen molar-refractivity contribution >= 4 is 0 Å². The number of allylic oxidation sites excluding steroid dienone is 2. The average molecular weight is 329 g/mol. The summed E-state index contributed by atoms with van der Waals surface area (Å²) in [6, 6.07) is 10.2. The molecule has 0 amide bonds. The molecule has 2 rings (SSSR count). The minimum atomic E-state index is 0.779. The molecule has 1 nitrogen and oxygen atoms in total. The van der Waals surface area contributed by atoms with Gasteiger partial charge in [0.1, 0.15) is 5.75 Å². The van der Waals surface area contributed by atoms with Crippen molar-refractivity contribution in [2.45, 2.75) is 78.1 Å². The zero-order valence-corrected chi connectivity index (χ0v) is 15.8. The van der Waals surface area contributed by atoms with E-state index < -0.39 is 0 Å². The van der Waals surface area contributed by atoms with Gasteiger partial charge in [0.2, 0.25) is 0 Å². The number of unbranched alkanes of at least 4 members (excludes halogenated alkanes) is 2. The lowest BCUT2D eigenvalue weighted by molar-refractivity contribution is 0.293. The second-order valence-corrected chi connectivity index (χ2v) is 7.32. The van der Waals surface area contributed by atoms with Gasteiger partial charge in [0, 0.05) is 0 Å². The first-order valence-electron chi connectivity index (χ1n) is 10.2. The molecule has 1 aromatic rings. The third-order valence-electron chi connectivity index (χ3n) is 5.50. The van der Waals surface area contributed by atoms with Gasteiger partial charge in [0.05, 0.1) is 6.61 Å². The van der Waals surface area contributed by atoms with Crippen LogP contribution in [0.3, 0.4) is 0 Å². The number of para-hydroxylation sites is 1. The molecule has 1 aliphatic rings. The monoisotopic (exact) mass is 328 g/mol. The molecule has 1 heteroatoms. The van der Waals surface area contributed by atoms with Crippen molar-refractivity contribution in [1.29, 1.82) is 0 Å². The normalized spacial score (nSPS) is 18.9. The molecule has 0 saturated heterocycles. The summed E-state index contributed by atoms with van der Waals surface area (Å²) in [7, 11) is 0. The molecule has 0 fully saturated rings. The Kier molecular flexibility index (Phi) is 9.02. The molecule has 0 aliphatic heterocycles. The Morgan fingerprint density at radius 1 is 1.08 bits per heavy atom. The second kappa shape index (κ2) is 11.3. The highest BCUT2D eigenvalue weighted by atomic mass is 16.5. The first-order valence-corrected chi connectivity index (χ1v) is 10.2. The zero-order chi connectivity index (χ0) is 17.0. The SMILES string of the molecule is CCCCCC1CC=C(C(CC)CCCOc2ccccc2)CC1. The molecule has 134 valence electrons. The molecule has 0 saturated carbocycles. The quantitative estimate of drug-likeness (QED) is 0.309. The highest BCUT2D eigenvalue weighted by molar-refractivity contribution is 5.20. The molecule has 1 aromatic carbocycles. The van der Waals surface area contributed by atoms with Crippen molar-refractivity contribution in [3.8, 4) is 5.75 Å². The summed E-state index contributed by atoms with van der Waals surface area (Å²) < 4.78 is 5.84. The Balaban J connectivity index is 1.67. The van der Waals surface area contributed by atoms with Crippen LogP contribution < -0.4 is 4.74 Å². The van der Waals surface area contributed by atoms with E-state index in [2.05, 4.69) is 19.9 Å². The van der Waals surface area contributed by atoms with E-state index in [0.717, 1.165) is 30.6 Å². The Morgan fingerprint density at radius 3 is 2.58 bits per heavy atom. The van der Waals surface area contributed by atoms with Crippen LogP contribution in [0.2, 0.25) is 0 Å². The van der Waals surface area contributed by atoms with Crippen LogP contribution in [-0.4, -0.2) is 6.61 Å². The highest BCUT2D eigenvalue weighted by Gasteiger charge is 2.19. The first-order chi connectivity index (χ1) is 11.8. The molecular formula is C23H36O. The molecule has 0 spiro atoms. The minimum Gasteiger partial charge on any atom is -0.494 e. The van der Waals surface area contributed by atoms with Crippen LogP contribution in [0, 0.1) is 11.8 Å². The number of hydrogen-bond donors (Lipinski definition) is 0. The van der Waals surface area contributed by atoms with Gasteiger partial charge < -0.3 is 4.74 Å². The predicted molar refractivity (Wildman–Crippen MR) is 105 cm³/mol. The summed E-state index contributed by atoms with van der Waals surface area (Å²) >= 11 is 0. The van der Waals surface area contributed by atoms with Gasteiger partial charge in [-0.3, -0.25) is 0 Å². The van der Waals surface area contributed by atoms with Crippen LogP contribution in [0.15, 0.2) is 42.0 Å². The molecule has 1 aliphatic carbocycles. The van der Waals surface area contributed by atoms with Crippen molar-refractivity contribution in [2.75, 3.05) is 6.61 Å². The molecule has 0 aromatic heterocycles. The van der Waals surface area contributed by atoms with Crippen LogP contribution in [-0.2, 0) is 0 Å². The summed E-state index contributed by atoms with van der Waals surface area (Å²) in [6.07, 6.45) is 16.0. The van der Waals surface area contributed by atoms with Gasteiger partial charge in [-0.25, -0.2) is 0 Å². The van der Waals surface area contributed by atoms with Crippen molar-refractivity contribution in [3.63, 3.8) is 0 Å². The number of hydrogen-bond acceptors (Lipinski definition) is 1. The molecule has 2 unspecified atom stereocenters. The lowest BCUT2D eigenvalue weighted by Crippen LogP contribution is -2.12. The van der Waals surface area contributed by atoms with E-state index in [1.807, 2.05) is 30.3 Å². The highest BCUT2D eigenvalue weighted by Crippen LogP contribution is 2.34. The Morgan fingerprint density at radius 2 is 1.92 bits per heavy atom. The van der Waals surface area contributed by atoms with E-state index in [4.69, 9.17) is 4.74 Å². The number of benzene rings is 1. The maximum absolute atomic E-state index is 5.84. The Labute approximate surface area is 149 Å². The van der Waals surface area contributed by atoms with Crippen LogP contribution >= 0.6 is 0 Å². The summed E-state index contributed by atoms with van der Waals surface area (Å²) in [6.45, 7) is 5.48. The molecule has 0 bridgehead atoms. The fourth-order valence-corrected chi connectivity index (χ4v) is 3.91. The Bertz CT molecular complexity index is 462. The van der Waals surface area contributed by atoms with Crippen molar-refractivity contribution < 1.29 is 4.74 Å². The van der Waals surface area contributed by atoms with Gasteiger partial charge in [0.15, 0.2) is 0 Å². The van der Waals surface area contributed by atoms with Gasteiger partial charge in [-0.05, 0) is 62.5 Å². The van der Waals surface area contributed by atoms with E-state index in [0.29, 0.717) is 0 Å². The third-order valence-corrected chi connectivity index (χ3v) is 5.50. The maximum Gasteiger partial charge on any atom is 0.119 e. The Hall–Kier alpha value is -1.24. The minimum absolute atomic E-state index is 0.779. The van der Waals surface area contributed by atoms with E-state index >= 15 is 0 Å². The van der Waals surface area contributed by atoms with E-state index in [-0.39, 0.29) is 0 Å². The fourth-order valence-electron chi connectivity index (χ4n) is 3.91. The van der Waals surface area contributed by atoms with Crippen molar-refractivity contribution in [1.82, 2.24) is 0 Å². The van der Waals surface area contributed by atoms with E-state index in [1.54, 1.807) is 5.57 Å². The predicted octanol–water partition coefficient (Wildman–Crippen LogP) is 7.18. The number of ether oxygens (including phenoxy) is 1. The largest absolute Gasteiger partial charge is 0.494 e. The standard InChI is InChI=1S/C23H36O/c1-3-5-7-11-20-15-17-22(18-16-20)21(4-2)12-10-19-24-23-13-8-6-9-14-23/h6,8-9,13-14,17,20-21H,3-5,7,10-12,15-16,18-19H2,1-2H3. The second-order valence-electron chi connectivity index (χ2n) is 7.32. The molecule has 0 radical (unpaired) electrons. The smallest absolute Gasteiger partial charge is 0.119 e. The van der Waals surface area contributed by atoms with Crippen molar-refractivity contribution in [2.24, 2.45) is 11.8 Å². The molecule has 2 atom stereocenters. The van der Waals surface area contributed by atoms with Crippen LogP contribution in [0.5, 0.6) is 5.75 Å². The summed E-state index contributed by atoms with van der Waals surface area (Å²) in [5.41, 5.74) is 1.74. The lowest BCUT2D eigenvalue weighted by atomic mass is 9.79. The van der Waals surface area contributed by atoms with Crippen LogP contribution in [0.1, 0.15) is 78.1 Å². The van der Waals surface area contributed by atoms with Crippen LogP contribution in [0.4, 0.5) is 0 Å². The first kappa shape index (κ1) is 19.1. The molecule has 0 N–H and O–H groups in total. The molecule has 24 heavy (non-hydrogen) atoms. The van der Waals surface area contributed by atoms with E-state index in [9.17, 15) is 0 Å². The number of rotatable bonds is 11. The molecule has 0 heterocycles. The van der Waals surface area contributed by atoms with E-state index in [1.165, 1.54) is 57.8 Å². The average Bonchev–Trinajstić information content (AvgIpc) is 2.64. The fraction of sp³-hybridized carbons (Fsp3) is 0.652. The summed E-state index contributed by atoms with van der Waals surface area (Å²) in [4.78, 5) is 0. The van der Waals surface area contributed by atoms with Gasteiger partial charge in [-0.15, -0.1) is 0 Å². The van der Waals surface area contributed by atoms with Gasteiger partial charge in [-0.2, -0.15) is 0 Å². The van der Waals surface area contributed by atoms with Crippen LogP contribution in [0.25, 0.3) is 0 Å². The lowest BCUT2D eigenvalue weighted by Gasteiger charge is -2.27. The molecular weight excluding hydrogens is 292 g/mol. The topological polar surface area (TPSA) is 9.23 Å². The maximum atomic E-state index is 5.84. The third kappa shape index (κ3) is 6.71. The van der Waals surface area contributed by atoms with Gasteiger partial charge >= 0.3 is 0 Å². The summed E-state index contributed by atoms with van der Waals surface area (Å²) in [5, 5.41) is 0. The van der Waals surface area contributed by atoms with Crippen molar-refractivity contribution in [3.05, 3.63) is 42.0 Å². The van der Waals surface area contributed by atoms with Gasteiger partial charge in [-0.1, -0.05) is 69.4 Å². The summed E-state index contributed by atoms with van der Waals surface area (Å²) in [5.74, 6) is 2.73. The zero-order valence-electron chi connectivity index (χ0n) is 15.8. The van der Waals surface area contributed by atoms with Gasteiger partial charge in [0.25, 0.3) is 0 Å².